The molecule has 1 heterocycles. The molecule has 0 saturated heterocycles. The molecule has 152 valence electrons. The highest BCUT2D eigenvalue weighted by molar-refractivity contribution is 14.0. The van der Waals surface area contributed by atoms with Gasteiger partial charge in [0.2, 0.25) is 0 Å². The third kappa shape index (κ3) is 5.99. The van der Waals surface area contributed by atoms with Crippen molar-refractivity contribution in [3.63, 3.8) is 0 Å². The Hall–Kier alpha value is -2.01. The quantitative estimate of drug-likeness (QED) is 0.370. The van der Waals surface area contributed by atoms with Crippen LogP contribution in [0.4, 0.5) is 13.2 Å². The molecule has 0 amide bonds. The largest absolute Gasteiger partial charge is 0.467 e. The Kier molecular flexibility index (Phi) is 8.36. The summed E-state index contributed by atoms with van der Waals surface area (Å²) in [5, 5.41) is 6.07. The molecule has 9 heteroatoms. The van der Waals surface area contributed by atoms with E-state index in [0.717, 1.165) is 11.6 Å². The number of nitrogens with zero attached hydrogens (tertiary/aromatic N) is 1. The van der Waals surface area contributed by atoms with E-state index in [4.69, 9.17) is 9.47 Å². The second kappa shape index (κ2) is 10.5. The van der Waals surface area contributed by atoms with Crippen LogP contribution in [0.2, 0.25) is 0 Å². The first-order chi connectivity index (χ1) is 13.0. The average Bonchev–Trinajstić information content (AvgIpc) is 2.63. The van der Waals surface area contributed by atoms with Gasteiger partial charge in [-0.15, -0.1) is 24.0 Å². The van der Waals surface area contributed by atoms with Crippen molar-refractivity contribution in [2.45, 2.75) is 19.6 Å². The highest BCUT2D eigenvalue weighted by atomic mass is 127. The normalized spacial score (nSPS) is 13.2. The van der Waals surface area contributed by atoms with E-state index in [1.807, 2.05) is 0 Å². The van der Waals surface area contributed by atoms with Crippen LogP contribution in [-0.2, 0) is 24.3 Å². The number of aliphatic imine (C=N–C) groups is 1. The van der Waals surface area contributed by atoms with Gasteiger partial charge < -0.3 is 20.1 Å². The number of hydrogen-bond acceptors (Lipinski definition) is 3. The van der Waals surface area contributed by atoms with Crippen LogP contribution >= 0.6 is 24.0 Å². The van der Waals surface area contributed by atoms with Gasteiger partial charge in [0.1, 0.15) is 23.2 Å². The van der Waals surface area contributed by atoms with Gasteiger partial charge in [0, 0.05) is 31.8 Å². The number of nitrogens with one attached hydrogen (secondary N) is 2. The highest BCUT2D eigenvalue weighted by Crippen LogP contribution is 2.29. The van der Waals surface area contributed by atoms with Crippen molar-refractivity contribution in [3.8, 4) is 5.75 Å². The first-order valence-electron chi connectivity index (χ1n) is 8.46. The van der Waals surface area contributed by atoms with Crippen molar-refractivity contribution in [2.24, 2.45) is 4.99 Å². The molecule has 28 heavy (non-hydrogen) atoms. The van der Waals surface area contributed by atoms with Gasteiger partial charge in [-0.2, -0.15) is 0 Å². The maximum atomic E-state index is 13.8. The molecule has 0 radical (unpaired) electrons. The van der Waals surface area contributed by atoms with Crippen LogP contribution in [0.3, 0.4) is 0 Å². The van der Waals surface area contributed by atoms with Crippen LogP contribution in [0.5, 0.6) is 5.75 Å². The van der Waals surface area contributed by atoms with Crippen molar-refractivity contribution in [1.82, 2.24) is 10.6 Å². The fraction of sp³-hybridized carbons (Fsp3) is 0.316. The van der Waals surface area contributed by atoms with Gasteiger partial charge in [-0.1, -0.05) is 0 Å². The van der Waals surface area contributed by atoms with Crippen molar-refractivity contribution in [1.29, 1.82) is 0 Å². The molecule has 2 aromatic rings. The predicted molar refractivity (Wildman–Crippen MR) is 110 cm³/mol. The van der Waals surface area contributed by atoms with E-state index >= 15 is 0 Å². The monoisotopic (exact) mass is 507 g/mol. The fourth-order valence-corrected chi connectivity index (χ4v) is 2.88. The number of guanidine groups is 1. The molecule has 0 aromatic heterocycles. The third-order valence-electron chi connectivity index (χ3n) is 4.04. The zero-order valence-electron chi connectivity index (χ0n) is 15.2. The van der Waals surface area contributed by atoms with Crippen molar-refractivity contribution >= 4 is 29.9 Å². The van der Waals surface area contributed by atoms with Crippen molar-refractivity contribution in [3.05, 3.63) is 64.5 Å². The molecule has 5 nitrogen and oxygen atoms in total. The van der Waals surface area contributed by atoms with Gasteiger partial charge in [-0.05, 0) is 41.8 Å². The van der Waals surface area contributed by atoms with E-state index in [0.29, 0.717) is 42.4 Å². The summed E-state index contributed by atoms with van der Waals surface area (Å²) < 4.78 is 50.9. The van der Waals surface area contributed by atoms with Gasteiger partial charge in [0.15, 0.2) is 12.8 Å². The number of ether oxygens (including phenoxy) is 2. The van der Waals surface area contributed by atoms with Crippen molar-refractivity contribution in [2.75, 3.05) is 20.4 Å². The summed E-state index contributed by atoms with van der Waals surface area (Å²) in [6.07, 6.45) is 0.509. The van der Waals surface area contributed by atoms with E-state index < -0.39 is 11.6 Å². The average molecular weight is 507 g/mol. The van der Waals surface area contributed by atoms with E-state index in [-0.39, 0.29) is 43.1 Å². The van der Waals surface area contributed by atoms with E-state index in [2.05, 4.69) is 15.6 Å². The molecule has 0 fully saturated rings. The first-order valence-corrected chi connectivity index (χ1v) is 8.46. The lowest BCUT2D eigenvalue weighted by Gasteiger charge is -2.21. The second-order valence-corrected chi connectivity index (χ2v) is 6.04. The van der Waals surface area contributed by atoms with Crippen LogP contribution in [0.15, 0.2) is 35.3 Å². The predicted octanol–water partition coefficient (Wildman–Crippen LogP) is 3.50. The third-order valence-corrected chi connectivity index (χ3v) is 4.04. The Morgan fingerprint density at radius 3 is 2.46 bits per heavy atom. The number of hydrogen-bond donors (Lipinski definition) is 2. The molecule has 0 unspecified atom stereocenters. The molecule has 2 N–H and O–H groups in total. The summed E-state index contributed by atoms with van der Waals surface area (Å²) in [6.45, 7) is 1.15. The Morgan fingerprint density at radius 1 is 1.04 bits per heavy atom. The number of fused-ring (bicyclic) bond motifs is 1. The smallest absolute Gasteiger partial charge is 0.191 e. The Balaban J connectivity index is 0.00000280. The van der Waals surface area contributed by atoms with E-state index in [9.17, 15) is 13.2 Å². The number of halogens is 4. The van der Waals surface area contributed by atoms with Gasteiger partial charge in [-0.25, -0.2) is 13.2 Å². The molecular formula is C19H21F3IN3O2. The van der Waals surface area contributed by atoms with E-state index in [1.54, 1.807) is 7.05 Å². The summed E-state index contributed by atoms with van der Waals surface area (Å²) in [5.74, 6) is -0.477. The lowest BCUT2D eigenvalue weighted by molar-refractivity contribution is -0.0172. The van der Waals surface area contributed by atoms with Gasteiger partial charge in [0.05, 0.1) is 6.61 Å². The highest BCUT2D eigenvalue weighted by Gasteiger charge is 2.16. The molecule has 0 aliphatic carbocycles. The van der Waals surface area contributed by atoms with Crippen LogP contribution in [-0.4, -0.2) is 26.3 Å². The summed E-state index contributed by atoms with van der Waals surface area (Å²) in [7, 11) is 1.59. The van der Waals surface area contributed by atoms with Gasteiger partial charge in [0.25, 0.3) is 0 Å². The zero-order chi connectivity index (χ0) is 19.2. The molecule has 0 saturated carbocycles. The summed E-state index contributed by atoms with van der Waals surface area (Å²) in [4.78, 5) is 4.07. The molecule has 1 aliphatic heterocycles. The minimum atomic E-state index is -0.630. The molecule has 0 bridgehead atoms. The van der Waals surface area contributed by atoms with Crippen molar-refractivity contribution < 1.29 is 22.6 Å². The van der Waals surface area contributed by atoms with Crippen LogP contribution in [0.25, 0.3) is 0 Å². The molecule has 0 atom stereocenters. The Labute approximate surface area is 178 Å². The summed E-state index contributed by atoms with van der Waals surface area (Å²) >= 11 is 0. The standard InChI is InChI=1S/C19H20F3N3O2.HI/c1-23-19(25-9-12-4-15(20)8-16(21)5-12)24-3-2-13-6-17(22)7-14-10-26-11-27-18(13)14;/h4-8H,2-3,9-11H2,1H3,(H2,23,24,25);1H. The maximum absolute atomic E-state index is 13.8. The molecule has 1 aliphatic rings. The number of rotatable bonds is 5. The minimum Gasteiger partial charge on any atom is -0.467 e. The Morgan fingerprint density at radius 2 is 1.75 bits per heavy atom. The van der Waals surface area contributed by atoms with Crippen LogP contribution < -0.4 is 15.4 Å². The zero-order valence-corrected chi connectivity index (χ0v) is 17.6. The van der Waals surface area contributed by atoms with Crippen LogP contribution in [0.1, 0.15) is 16.7 Å². The number of benzene rings is 2. The second-order valence-electron chi connectivity index (χ2n) is 6.04. The van der Waals surface area contributed by atoms with E-state index in [1.165, 1.54) is 24.3 Å². The minimum absolute atomic E-state index is 0. The molecular weight excluding hydrogens is 486 g/mol. The molecule has 0 spiro atoms. The first kappa shape index (κ1) is 22.3. The van der Waals surface area contributed by atoms with Gasteiger partial charge >= 0.3 is 0 Å². The fourth-order valence-electron chi connectivity index (χ4n) is 2.88. The Bertz CT molecular complexity index is 829. The van der Waals surface area contributed by atoms with Crippen LogP contribution in [0, 0.1) is 17.5 Å². The lowest BCUT2D eigenvalue weighted by atomic mass is 10.1. The maximum Gasteiger partial charge on any atom is 0.191 e. The summed E-state index contributed by atoms with van der Waals surface area (Å²) in [6, 6.07) is 6.18. The SMILES string of the molecule is CN=C(NCCc1cc(F)cc2c1OCOC2)NCc1cc(F)cc(F)c1.I. The lowest BCUT2D eigenvalue weighted by Crippen LogP contribution is -2.38. The summed E-state index contributed by atoms with van der Waals surface area (Å²) in [5.41, 5.74) is 1.89. The topological polar surface area (TPSA) is 54.9 Å². The molecule has 3 rings (SSSR count). The molecule has 2 aromatic carbocycles. The van der Waals surface area contributed by atoms with Gasteiger partial charge in [-0.3, -0.25) is 4.99 Å².